The Kier molecular flexibility index (Phi) is 5.62. The van der Waals surface area contributed by atoms with Gasteiger partial charge in [0, 0.05) is 37.7 Å². The van der Waals surface area contributed by atoms with Crippen LogP contribution in [-0.2, 0) is 14.3 Å². The first kappa shape index (κ1) is 21.2. The van der Waals surface area contributed by atoms with Crippen LogP contribution in [0.15, 0.2) is 54.2 Å². The van der Waals surface area contributed by atoms with E-state index >= 15 is 0 Å². The molecule has 5 rings (SSSR count). The number of rotatable bonds is 3. The Hall–Kier alpha value is -3.62. The number of benzene rings is 2. The van der Waals surface area contributed by atoms with Gasteiger partial charge < -0.3 is 9.64 Å². The Balaban J connectivity index is 1.42. The van der Waals surface area contributed by atoms with E-state index in [-0.39, 0.29) is 17.6 Å². The van der Waals surface area contributed by atoms with Gasteiger partial charge in [0.2, 0.25) is 17.6 Å². The average Bonchev–Trinajstić information content (AvgIpc) is 3.36. The number of morpholine rings is 1. The number of nitrogens with zero attached hydrogens (tertiary/aromatic N) is 3. The van der Waals surface area contributed by atoms with Crippen LogP contribution in [0.3, 0.4) is 0 Å². The number of Topliss-reactive ketones (excluding diaryl/α,β-unsaturated/α-hetero) is 1. The lowest BCUT2D eigenvalue weighted by atomic mass is 10.1. The number of hydrogen-bond donors (Lipinski definition) is 0. The van der Waals surface area contributed by atoms with Gasteiger partial charge in [-0.15, -0.1) is 11.3 Å². The summed E-state index contributed by atoms with van der Waals surface area (Å²) >= 11 is 1.43. The molecule has 2 aliphatic heterocycles. The van der Waals surface area contributed by atoms with Crippen LogP contribution in [0.1, 0.15) is 27.9 Å². The second-order valence-corrected chi connectivity index (χ2v) is 8.84. The number of fused-ring (bicyclic) bond motifs is 2. The minimum atomic E-state index is -0.224. The Morgan fingerprint density at radius 2 is 1.91 bits per heavy atom. The molecule has 0 bridgehead atoms. The summed E-state index contributed by atoms with van der Waals surface area (Å²) in [6, 6.07) is 12.8. The smallest absolute Gasteiger partial charge is 0.246 e. The largest absolute Gasteiger partial charge is 0.378 e. The SMILES string of the molecule is CC(=O)N1/C(=C/c2nc3ccc(/C=C/C(=O)N4CCOCC4)cc3s2)C(=O)c2ccccc21. The second kappa shape index (κ2) is 8.73. The summed E-state index contributed by atoms with van der Waals surface area (Å²) in [5.41, 5.74) is 3.10. The topological polar surface area (TPSA) is 79.8 Å². The van der Waals surface area contributed by atoms with E-state index in [0.717, 1.165) is 15.8 Å². The van der Waals surface area contributed by atoms with Gasteiger partial charge in [-0.1, -0.05) is 18.2 Å². The summed E-state index contributed by atoms with van der Waals surface area (Å²) in [6.45, 7) is 3.79. The highest BCUT2D eigenvalue weighted by Gasteiger charge is 2.34. The van der Waals surface area contributed by atoms with Crippen molar-refractivity contribution in [3.05, 3.63) is 70.4 Å². The Labute approximate surface area is 194 Å². The maximum Gasteiger partial charge on any atom is 0.246 e. The number of amides is 2. The molecule has 8 heteroatoms. The molecule has 1 aromatic heterocycles. The lowest BCUT2D eigenvalue weighted by molar-refractivity contribution is -0.129. The molecule has 0 unspecified atom stereocenters. The zero-order valence-corrected chi connectivity index (χ0v) is 18.8. The minimum absolute atomic E-state index is 0.0308. The van der Waals surface area contributed by atoms with Gasteiger partial charge in [-0.05, 0) is 35.9 Å². The van der Waals surface area contributed by atoms with Crippen molar-refractivity contribution in [3.63, 3.8) is 0 Å². The van der Waals surface area contributed by atoms with Crippen molar-refractivity contribution in [2.75, 3.05) is 31.2 Å². The molecule has 3 aromatic rings. The summed E-state index contributed by atoms with van der Waals surface area (Å²) in [4.78, 5) is 45.4. The molecule has 166 valence electrons. The highest BCUT2D eigenvalue weighted by molar-refractivity contribution is 7.19. The molecule has 0 saturated carbocycles. The van der Waals surface area contributed by atoms with Crippen LogP contribution in [0.5, 0.6) is 0 Å². The van der Waals surface area contributed by atoms with Crippen molar-refractivity contribution in [2.24, 2.45) is 0 Å². The zero-order chi connectivity index (χ0) is 22.9. The van der Waals surface area contributed by atoms with E-state index in [2.05, 4.69) is 4.98 Å². The van der Waals surface area contributed by atoms with E-state index in [4.69, 9.17) is 4.74 Å². The molecule has 0 aliphatic carbocycles. The number of ketones is 1. The van der Waals surface area contributed by atoms with Gasteiger partial charge in [-0.3, -0.25) is 19.3 Å². The monoisotopic (exact) mass is 459 g/mol. The molecule has 7 nitrogen and oxygen atoms in total. The van der Waals surface area contributed by atoms with E-state index < -0.39 is 0 Å². The van der Waals surface area contributed by atoms with Gasteiger partial charge in [0.1, 0.15) is 5.01 Å². The van der Waals surface area contributed by atoms with Gasteiger partial charge in [-0.25, -0.2) is 4.98 Å². The first-order valence-electron chi connectivity index (χ1n) is 10.6. The summed E-state index contributed by atoms with van der Waals surface area (Å²) < 4.78 is 6.22. The van der Waals surface area contributed by atoms with Crippen LogP contribution >= 0.6 is 11.3 Å². The third kappa shape index (κ3) is 4.10. The van der Waals surface area contributed by atoms with Gasteiger partial charge in [-0.2, -0.15) is 0 Å². The van der Waals surface area contributed by atoms with Crippen molar-refractivity contribution in [2.45, 2.75) is 6.92 Å². The molecular formula is C25H21N3O4S. The fourth-order valence-corrected chi connectivity index (χ4v) is 4.95. The van der Waals surface area contributed by atoms with E-state index in [0.29, 0.717) is 48.3 Å². The summed E-state index contributed by atoms with van der Waals surface area (Å²) in [6.07, 6.45) is 5.05. The molecule has 0 radical (unpaired) electrons. The fourth-order valence-electron chi connectivity index (χ4n) is 4.00. The van der Waals surface area contributed by atoms with Crippen LogP contribution < -0.4 is 4.90 Å². The molecule has 0 spiro atoms. The average molecular weight is 460 g/mol. The third-order valence-electron chi connectivity index (χ3n) is 5.61. The Morgan fingerprint density at radius 1 is 1.12 bits per heavy atom. The number of aromatic nitrogens is 1. The van der Waals surface area contributed by atoms with Crippen LogP contribution in [0, 0.1) is 0 Å². The molecule has 0 N–H and O–H groups in total. The van der Waals surface area contributed by atoms with Crippen LogP contribution in [-0.4, -0.2) is 53.8 Å². The number of hydrogen-bond acceptors (Lipinski definition) is 6. The molecular weight excluding hydrogens is 438 g/mol. The van der Waals surface area contributed by atoms with Crippen LogP contribution in [0.4, 0.5) is 5.69 Å². The second-order valence-electron chi connectivity index (χ2n) is 7.78. The first-order valence-corrected chi connectivity index (χ1v) is 11.4. The maximum atomic E-state index is 12.9. The lowest BCUT2D eigenvalue weighted by Gasteiger charge is -2.25. The van der Waals surface area contributed by atoms with Crippen molar-refractivity contribution >= 4 is 57.0 Å². The summed E-state index contributed by atoms with van der Waals surface area (Å²) in [5.74, 6) is -0.444. The molecule has 3 heterocycles. The Morgan fingerprint density at radius 3 is 2.70 bits per heavy atom. The number of allylic oxidation sites excluding steroid dienone is 1. The van der Waals surface area contributed by atoms with Gasteiger partial charge in [0.25, 0.3) is 0 Å². The highest BCUT2D eigenvalue weighted by atomic mass is 32.1. The van der Waals surface area contributed by atoms with Gasteiger partial charge in [0.15, 0.2) is 0 Å². The highest BCUT2D eigenvalue weighted by Crippen LogP contribution is 2.36. The van der Waals surface area contributed by atoms with Crippen molar-refractivity contribution < 1.29 is 19.1 Å². The lowest BCUT2D eigenvalue weighted by Crippen LogP contribution is -2.39. The van der Waals surface area contributed by atoms with Gasteiger partial charge in [0.05, 0.1) is 34.8 Å². The van der Waals surface area contributed by atoms with Crippen molar-refractivity contribution in [1.82, 2.24) is 9.88 Å². The van der Waals surface area contributed by atoms with Gasteiger partial charge >= 0.3 is 0 Å². The fraction of sp³-hybridized carbons (Fsp3) is 0.200. The number of thiazole rings is 1. The number of anilines is 1. The molecule has 1 saturated heterocycles. The van der Waals surface area contributed by atoms with Crippen LogP contribution in [0.25, 0.3) is 22.4 Å². The maximum absolute atomic E-state index is 12.9. The van der Waals surface area contributed by atoms with Crippen molar-refractivity contribution in [3.8, 4) is 0 Å². The van der Waals surface area contributed by atoms with E-state index in [1.54, 1.807) is 41.3 Å². The summed E-state index contributed by atoms with van der Waals surface area (Å²) in [7, 11) is 0. The molecule has 2 amide bonds. The zero-order valence-electron chi connectivity index (χ0n) is 18.0. The van der Waals surface area contributed by atoms with Crippen molar-refractivity contribution in [1.29, 1.82) is 0 Å². The van der Waals surface area contributed by atoms with E-state index in [9.17, 15) is 14.4 Å². The van der Waals surface area contributed by atoms with E-state index in [1.807, 2.05) is 24.3 Å². The molecule has 33 heavy (non-hydrogen) atoms. The molecule has 0 atom stereocenters. The quantitative estimate of drug-likeness (QED) is 0.557. The van der Waals surface area contributed by atoms with Crippen LogP contribution in [0.2, 0.25) is 0 Å². The number of carbonyl (C=O) groups is 3. The molecule has 1 fully saturated rings. The number of carbonyl (C=O) groups excluding carboxylic acids is 3. The third-order valence-corrected chi connectivity index (χ3v) is 6.57. The summed E-state index contributed by atoms with van der Waals surface area (Å²) in [5, 5.41) is 0.637. The molecule has 2 aromatic carbocycles. The van der Waals surface area contributed by atoms with E-state index in [1.165, 1.54) is 23.2 Å². The predicted molar refractivity (Wildman–Crippen MR) is 128 cm³/mol. The number of para-hydroxylation sites is 1. The number of ether oxygens (including phenoxy) is 1. The normalized spacial score (nSPS) is 17.4. The Bertz CT molecular complexity index is 1330. The first-order chi connectivity index (χ1) is 16.0. The standard InChI is InChI=1S/C25H21N3O4S/c1-16(29)28-20-5-3-2-4-18(20)25(31)21(28)15-23-26-19-8-6-17(14-22(19)33-23)7-9-24(30)27-10-12-32-13-11-27/h2-9,14-15H,10-13H2,1H3/b9-7+,21-15+. The minimum Gasteiger partial charge on any atom is -0.378 e. The predicted octanol–water partition coefficient (Wildman–Crippen LogP) is 3.76. The molecule has 2 aliphatic rings.